The summed E-state index contributed by atoms with van der Waals surface area (Å²) in [7, 11) is -3.69. The van der Waals surface area contributed by atoms with E-state index in [0.29, 0.717) is 5.56 Å². The molecule has 96 valence electrons. The van der Waals surface area contributed by atoms with E-state index < -0.39 is 15.1 Å². The number of aryl methyl sites for hydroxylation is 1. The second-order valence-electron chi connectivity index (χ2n) is 4.22. The second kappa shape index (κ2) is 5.25. The van der Waals surface area contributed by atoms with Gasteiger partial charge >= 0.3 is 0 Å². The van der Waals surface area contributed by atoms with E-state index in [1.54, 1.807) is 43.3 Å². The molecule has 0 heterocycles. The van der Waals surface area contributed by atoms with Crippen molar-refractivity contribution >= 4 is 9.84 Å². The molecule has 0 aromatic heterocycles. The fourth-order valence-electron chi connectivity index (χ4n) is 1.93. The normalized spacial score (nSPS) is 12.6. The summed E-state index contributed by atoms with van der Waals surface area (Å²) in [6.45, 7) is 1.81. The van der Waals surface area contributed by atoms with Crippen LogP contribution in [0.15, 0.2) is 59.5 Å². The van der Waals surface area contributed by atoms with Crippen LogP contribution in [0.1, 0.15) is 16.4 Å². The highest BCUT2D eigenvalue weighted by Gasteiger charge is 2.29. The molecule has 0 saturated carbocycles. The molecule has 19 heavy (non-hydrogen) atoms. The van der Waals surface area contributed by atoms with E-state index in [1.165, 1.54) is 12.1 Å². The summed E-state index contributed by atoms with van der Waals surface area (Å²) >= 11 is 0. The standard InChI is InChI=1S/C15H13NO2S/c1-12-7-5-6-10-14(12)15(11-16)19(17,18)13-8-3-2-4-9-13/h2-10,15H,1H3. The molecule has 0 radical (unpaired) electrons. The molecule has 3 nitrogen and oxygen atoms in total. The van der Waals surface area contributed by atoms with Crippen LogP contribution in [-0.2, 0) is 9.84 Å². The summed E-state index contributed by atoms with van der Waals surface area (Å²) in [5.74, 6) is 0. The van der Waals surface area contributed by atoms with E-state index in [-0.39, 0.29) is 4.90 Å². The van der Waals surface area contributed by atoms with Gasteiger partial charge in [-0.05, 0) is 30.2 Å². The van der Waals surface area contributed by atoms with Crippen molar-refractivity contribution in [3.63, 3.8) is 0 Å². The summed E-state index contributed by atoms with van der Waals surface area (Å²) in [5.41, 5.74) is 1.34. The number of benzene rings is 2. The minimum Gasteiger partial charge on any atom is -0.222 e. The maximum absolute atomic E-state index is 12.5. The van der Waals surface area contributed by atoms with Crippen LogP contribution in [0.2, 0.25) is 0 Å². The van der Waals surface area contributed by atoms with Gasteiger partial charge in [0.15, 0.2) is 15.1 Å². The molecule has 0 fully saturated rings. The predicted octanol–water partition coefficient (Wildman–Crippen LogP) is 3.03. The van der Waals surface area contributed by atoms with Crippen molar-refractivity contribution in [3.05, 3.63) is 65.7 Å². The molecule has 0 spiro atoms. The monoisotopic (exact) mass is 271 g/mol. The van der Waals surface area contributed by atoms with E-state index >= 15 is 0 Å². The molecule has 0 saturated heterocycles. The van der Waals surface area contributed by atoms with Crippen LogP contribution in [0, 0.1) is 18.3 Å². The highest BCUT2D eigenvalue weighted by Crippen LogP contribution is 2.29. The van der Waals surface area contributed by atoms with Crippen LogP contribution in [0.4, 0.5) is 0 Å². The van der Waals surface area contributed by atoms with Gasteiger partial charge < -0.3 is 0 Å². The van der Waals surface area contributed by atoms with Crippen LogP contribution in [0.5, 0.6) is 0 Å². The Morgan fingerprint density at radius 2 is 1.58 bits per heavy atom. The fraction of sp³-hybridized carbons (Fsp3) is 0.133. The molecule has 0 aliphatic carbocycles. The van der Waals surface area contributed by atoms with Gasteiger partial charge in [-0.3, -0.25) is 0 Å². The number of nitriles is 1. The summed E-state index contributed by atoms with van der Waals surface area (Å²) in [4.78, 5) is 0.171. The van der Waals surface area contributed by atoms with Gasteiger partial charge in [-0.1, -0.05) is 42.5 Å². The van der Waals surface area contributed by atoms with Crippen molar-refractivity contribution in [3.8, 4) is 6.07 Å². The minimum absolute atomic E-state index is 0.171. The molecule has 0 aliphatic heterocycles. The molecule has 0 bridgehead atoms. The first-order valence-electron chi connectivity index (χ1n) is 5.81. The highest BCUT2D eigenvalue weighted by atomic mass is 32.2. The lowest BCUT2D eigenvalue weighted by Crippen LogP contribution is -2.13. The summed E-state index contributed by atoms with van der Waals surface area (Å²) < 4.78 is 25.0. The molecular formula is C15H13NO2S. The quantitative estimate of drug-likeness (QED) is 0.862. The minimum atomic E-state index is -3.69. The fourth-order valence-corrected chi connectivity index (χ4v) is 3.48. The lowest BCUT2D eigenvalue weighted by atomic mass is 10.1. The third-order valence-corrected chi connectivity index (χ3v) is 4.88. The van der Waals surface area contributed by atoms with Gasteiger partial charge in [0.1, 0.15) is 0 Å². The van der Waals surface area contributed by atoms with Gasteiger partial charge in [0.2, 0.25) is 0 Å². The van der Waals surface area contributed by atoms with Crippen molar-refractivity contribution in [1.29, 1.82) is 5.26 Å². The Morgan fingerprint density at radius 3 is 2.16 bits per heavy atom. The van der Waals surface area contributed by atoms with Gasteiger partial charge in [0, 0.05) is 0 Å². The molecule has 1 unspecified atom stereocenters. The Hall–Kier alpha value is -2.12. The van der Waals surface area contributed by atoms with E-state index in [9.17, 15) is 13.7 Å². The van der Waals surface area contributed by atoms with Crippen LogP contribution in [-0.4, -0.2) is 8.42 Å². The first kappa shape index (κ1) is 13.3. The lowest BCUT2D eigenvalue weighted by Gasteiger charge is -2.13. The predicted molar refractivity (Wildman–Crippen MR) is 73.2 cm³/mol. The Balaban J connectivity index is 2.56. The summed E-state index contributed by atoms with van der Waals surface area (Å²) in [5, 5.41) is 8.10. The molecule has 0 amide bonds. The topological polar surface area (TPSA) is 57.9 Å². The van der Waals surface area contributed by atoms with Crippen LogP contribution >= 0.6 is 0 Å². The first-order chi connectivity index (χ1) is 9.07. The second-order valence-corrected chi connectivity index (χ2v) is 6.26. The van der Waals surface area contributed by atoms with Gasteiger partial charge in [-0.25, -0.2) is 8.42 Å². The van der Waals surface area contributed by atoms with Crippen molar-refractivity contribution in [2.24, 2.45) is 0 Å². The largest absolute Gasteiger partial charge is 0.222 e. The Kier molecular flexibility index (Phi) is 3.68. The van der Waals surface area contributed by atoms with Crippen LogP contribution in [0.3, 0.4) is 0 Å². The smallest absolute Gasteiger partial charge is 0.198 e. The Bertz CT molecular complexity index is 715. The average Bonchev–Trinajstić information content (AvgIpc) is 2.42. The average molecular weight is 271 g/mol. The third-order valence-electron chi connectivity index (χ3n) is 2.97. The molecular weight excluding hydrogens is 258 g/mol. The molecule has 1 atom stereocenters. The zero-order chi connectivity index (χ0) is 13.9. The Labute approximate surface area is 113 Å². The lowest BCUT2D eigenvalue weighted by molar-refractivity contribution is 0.591. The Morgan fingerprint density at radius 1 is 1.00 bits per heavy atom. The SMILES string of the molecule is Cc1ccccc1C(C#N)S(=O)(=O)c1ccccc1. The number of rotatable bonds is 3. The summed E-state index contributed by atoms with van der Waals surface area (Å²) in [6, 6.07) is 17.0. The van der Waals surface area contributed by atoms with Crippen molar-refractivity contribution in [2.45, 2.75) is 17.1 Å². The van der Waals surface area contributed by atoms with Gasteiger partial charge in [0.25, 0.3) is 0 Å². The van der Waals surface area contributed by atoms with Crippen LogP contribution in [0.25, 0.3) is 0 Å². The number of hydrogen-bond acceptors (Lipinski definition) is 3. The first-order valence-corrected chi connectivity index (χ1v) is 7.36. The zero-order valence-electron chi connectivity index (χ0n) is 10.4. The molecule has 0 N–H and O–H groups in total. The van der Waals surface area contributed by atoms with Crippen molar-refractivity contribution < 1.29 is 8.42 Å². The number of hydrogen-bond donors (Lipinski definition) is 0. The maximum atomic E-state index is 12.5. The maximum Gasteiger partial charge on any atom is 0.198 e. The highest BCUT2D eigenvalue weighted by molar-refractivity contribution is 7.92. The van der Waals surface area contributed by atoms with E-state index in [0.717, 1.165) is 5.56 Å². The summed E-state index contributed by atoms with van der Waals surface area (Å²) in [6.07, 6.45) is 0. The van der Waals surface area contributed by atoms with E-state index in [4.69, 9.17) is 0 Å². The van der Waals surface area contributed by atoms with Crippen molar-refractivity contribution in [1.82, 2.24) is 0 Å². The molecule has 2 rings (SSSR count). The molecule has 4 heteroatoms. The van der Waals surface area contributed by atoms with Crippen molar-refractivity contribution in [2.75, 3.05) is 0 Å². The third kappa shape index (κ3) is 2.51. The number of sulfone groups is 1. The van der Waals surface area contributed by atoms with E-state index in [2.05, 4.69) is 0 Å². The zero-order valence-corrected chi connectivity index (χ0v) is 11.3. The molecule has 2 aromatic rings. The number of nitrogens with zero attached hydrogens (tertiary/aromatic N) is 1. The van der Waals surface area contributed by atoms with Crippen LogP contribution < -0.4 is 0 Å². The van der Waals surface area contributed by atoms with E-state index in [1.807, 2.05) is 12.1 Å². The molecule has 2 aromatic carbocycles. The van der Waals surface area contributed by atoms with Gasteiger partial charge in [-0.2, -0.15) is 5.26 Å². The van der Waals surface area contributed by atoms with Gasteiger partial charge in [0.05, 0.1) is 11.0 Å². The molecule has 0 aliphatic rings. The van der Waals surface area contributed by atoms with Gasteiger partial charge in [-0.15, -0.1) is 0 Å².